The molecule has 2 heteroatoms. The summed E-state index contributed by atoms with van der Waals surface area (Å²) in [6.45, 7) is 15.4. The normalized spacial score (nSPS) is 27.0. The number of likely N-dealkylation sites (N-methyl/N-ethyl adjacent to an activating group) is 1. The molecule has 1 rings (SSSR count). The van der Waals surface area contributed by atoms with E-state index in [1.165, 1.54) is 26.1 Å². The van der Waals surface area contributed by atoms with Gasteiger partial charge in [-0.25, -0.2) is 0 Å². The maximum absolute atomic E-state index is 2.68. The van der Waals surface area contributed by atoms with Gasteiger partial charge in [0.15, 0.2) is 0 Å². The molecule has 0 unspecified atom stereocenters. The van der Waals surface area contributed by atoms with E-state index in [-0.39, 0.29) is 0 Å². The van der Waals surface area contributed by atoms with Crippen LogP contribution >= 0.6 is 0 Å². The van der Waals surface area contributed by atoms with Gasteiger partial charge in [-0.05, 0) is 39.3 Å². The molecule has 1 aliphatic rings. The van der Waals surface area contributed by atoms with E-state index in [1.807, 2.05) is 0 Å². The zero-order chi connectivity index (χ0) is 11.6. The van der Waals surface area contributed by atoms with Crippen LogP contribution in [-0.4, -0.2) is 48.6 Å². The van der Waals surface area contributed by atoms with Crippen molar-refractivity contribution in [1.29, 1.82) is 0 Å². The van der Waals surface area contributed by atoms with E-state index >= 15 is 0 Å². The molecule has 0 bridgehead atoms. The molecule has 0 aromatic carbocycles. The molecular formula is C13H28N2. The van der Waals surface area contributed by atoms with Gasteiger partial charge in [0.25, 0.3) is 0 Å². The molecule has 0 aromatic rings. The predicted octanol–water partition coefficient (Wildman–Crippen LogP) is 2.45. The minimum absolute atomic E-state index is 0.398. The highest BCUT2D eigenvalue weighted by Gasteiger charge is 2.33. The molecule has 1 atom stereocenters. The first-order valence-electron chi connectivity index (χ1n) is 6.26. The SMILES string of the molecule is CC(C)N1CCN(C)CC[C@H]1C(C)(C)C. The molecule has 0 spiro atoms. The van der Waals surface area contributed by atoms with Gasteiger partial charge in [0, 0.05) is 25.2 Å². The summed E-state index contributed by atoms with van der Waals surface area (Å²) in [5.74, 6) is 0. The quantitative estimate of drug-likeness (QED) is 0.659. The van der Waals surface area contributed by atoms with E-state index in [0.29, 0.717) is 11.5 Å². The molecule has 0 N–H and O–H groups in total. The van der Waals surface area contributed by atoms with Crippen molar-refractivity contribution in [2.24, 2.45) is 5.41 Å². The summed E-state index contributed by atoms with van der Waals surface area (Å²) in [5, 5.41) is 0. The molecule has 1 saturated heterocycles. The lowest BCUT2D eigenvalue weighted by Gasteiger charge is -2.41. The second kappa shape index (κ2) is 4.84. The molecule has 0 aliphatic carbocycles. The fourth-order valence-electron chi connectivity index (χ4n) is 2.61. The zero-order valence-corrected chi connectivity index (χ0v) is 11.4. The van der Waals surface area contributed by atoms with Crippen LogP contribution in [0.1, 0.15) is 41.0 Å². The van der Waals surface area contributed by atoms with Crippen LogP contribution in [0.3, 0.4) is 0 Å². The predicted molar refractivity (Wildman–Crippen MR) is 67.2 cm³/mol. The topological polar surface area (TPSA) is 6.48 Å². The van der Waals surface area contributed by atoms with Crippen molar-refractivity contribution in [2.45, 2.75) is 53.1 Å². The van der Waals surface area contributed by atoms with Crippen LogP contribution in [0.2, 0.25) is 0 Å². The van der Waals surface area contributed by atoms with Gasteiger partial charge in [0.2, 0.25) is 0 Å². The average molecular weight is 212 g/mol. The largest absolute Gasteiger partial charge is 0.305 e. The van der Waals surface area contributed by atoms with Crippen LogP contribution < -0.4 is 0 Å². The lowest BCUT2D eigenvalue weighted by atomic mass is 9.83. The zero-order valence-electron chi connectivity index (χ0n) is 11.4. The highest BCUT2D eigenvalue weighted by Crippen LogP contribution is 2.29. The molecule has 2 nitrogen and oxygen atoms in total. The molecule has 1 heterocycles. The van der Waals surface area contributed by atoms with E-state index < -0.39 is 0 Å². The molecule has 15 heavy (non-hydrogen) atoms. The average Bonchev–Trinajstić information content (AvgIpc) is 2.25. The Bertz CT molecular complexity index is 193. The number of hydrogen-bond donors (Lipinski definition) is 0. The monoisotopic (exact) mass is 212 g/mol. The minimum atomic E-state index is 0.398. The van der Waals surface area contributed by atoms with E-state index in [4.69, 9.17) is 0 Å². The molecular weight excluding hydrogens is 184 g/mol. The van der Waals surface area contributed by atoms with Crippen molar-refractivity contribution in [3.63, 3.8) is 0 Å². The van der Waals surface area contributed by atoms with Gasteiger partial charge >= 0.3 is 0 Å². The third-order valence-corrected chi connectivity index (χ3v) is 3.59. The Morgan fingerprint density at radius 2 is 1.67 bits per heavy atom. The smallest absolute Gasteiger partial charge is 0.0159 e. The van der Waals surface area contributed by atoms with Gasteiger partial charge in [-0.3, -0.25) is 4.90 Å². The third-order valence-electron chi connectivity index (χ3n) is 3.59. The van der Waals surface area contributed by atoms with Gasteiger partial charge in [-0.2, -0.15) is 0 Å². The number of hydrogen-bond acceptors (Lipinski definition) is 2. The molecule has 0 aromatic heterocycles. The number of rotatable bonds is 1. The van der Waals surface area contributed by atoms with Gasteiger partial charge in [-0.15, -0.1) is 0 Å². The highest BCUT2D eigenvalue weighted by atomic mass is 15.2. The van der Waals surface area contributed by atoms with Gasteiger partial charge in [0.05, 0.1) is 0 Å². The van der Waals surface area contributed by atoms with Crippen molar-refractivity contribution in [3.05, 3.63) is 0 Å². The second-order valence-corrected chi connectivity index (χ2v) is 6.31. The van der Waals surface area contributed by atoms with Gasteiger partial charge < -0.3 is 4.90 Å². The van der Waals surface area contributed by atoms with E-state index in [2.05, 4.69) is 51.5 Å². The van der Waals surface area contributed by atoms with Crippen molar-refractivity contribution < 1.29 is 0 Å². The second-order valence-electron chi connectivity index (χ2n) is 6.31. The summed E-state index contributed by atoms with van der Waals surface area (Å²) in [6, 6.07) is 1.39. The Balaban J connectivity index is 2.78. The summed E-state index contributed by atoms with van der Waals surface area (Å²) in [4.78, 5) is 5.14. The van der Waals surface area contributed by atoms with Crippen molar-refractivity contribution in [2.75, 3.05) is 26.7 Å². The minimum Gasteiger partial charge on any atom is -0.305 e. The first-order chi connectivity index (χ1) is 6.82. The first kappa shape index (κ1) is 13.0. The molecule has 1 fully saturated rings. The lowest BCUT2D eigenvalue weighted by molar-refractivity contribution is 0.0767. The van der Waals surface area contributed by atoms with Gasteiger partial charge in [-0.1, -0.05) is 20.8 Å². The Labute approximate surface area is 95.6 Å². The van der Waals surface area contributed by atoms with Crippen LogP contribution in [0, 0.1) is 5.41 Å². The van der Waals surface area contributed by atoms with Crippen molar-refractivity contribution in [1.82, 2.24) is 9.80 Å². The van der Waals surface area contributed by atoms with Crippen molar-refractivity contribution >= 4 is 0 Å². The summed E-state index contributed by atoms with van der Waals surface area (Å²) < 4.78 is 0. The molecule has 0 saturated carbocycles. The van der Waals surface area contributed by atoms with Crippen LogP contribution in [0.4, 0.5) is 0 Å². The fourth-order valence-corrected chi connectivity index (χ4v) is 2.61. The van der Waals surface area contributed by atoms with E-state index in [0.717, 1.165) is 6.04 Å². The first-order valence-corrected chi connectivity index (χ1v) is 6.26. The van der Waals surface area contributed by atoms with Crippen molar-refractivity contribution in [3.8, 4) is 0 Å². The maximum atomic E-state index is 2.68. The summed E-state index contributed by atoms with van der Waals surface area (Å²) in [5.41, 5.74) is 0.398. The summed E-state index contributed by atoms with van der Waals surface area (Å²) in [7, 11) is 2.24. The Hall–Kier alpha value is -0.0800. The van der Waals surface area contributed by atoms with Crippen LogP contribution in [0.5, 0.6) is 0 Å². The van der Waals surface area contributed by atoms with Crippen LogP contribution in [-0.2, 0) is 0 Å². The fraction of sp³-hybridized carbons (Fsp3) is 1.00. The molecule has 0 radical (unpaired) electrons. The Morgan fingerprint density at radius 3 is 2.13 bits per heavy atom. The standard InChI is InChI=1S/C13H28N2/c1-11(2)15-10-9-14(6)8-7-12(15)13(3,4)5/h11-12H,7-10H2,1-6H3/t12-/m0/s1. The molecule has 0 amide bonds. The highest BCUT2D eigenvalue weighted by molar-refractivity contribution is 4.88. The Kier molecular flexibility index (Phi) is 4.19. The van der Waals surface area contributed by atoms with E-state index in [1.54, 1.807) is 0 Å². The van der Waals surface area contributed by atoms with E-state index in [9.17, 15) is 0 Å². The molecule has 1 aliphatic heterocycles. The summed E-state index contributed by atoms with van der Waals surface area (Å²) in [6.07, 6.45) is 1.30. The third kappa shape index (κ3) is 3.46. The lowest BCUT2D eigenvalue weighted by Crippen LogP contribution is -2.47. The maximum Gasteiger partial charge on any atom is 0.0159 e. The van der Waals surface area contributed by atoms with Crippen LogP contribution in [0.25, 0.3) is 0 Å². The van der Waals surface area contributed by atoms with Crippen LogP contribution in [0.15, 0.2) is 0 Å². The molecule has 90 valence electrons. The number of nitrogens with zero attached hydrogens (tertiary/aromatic N) is 2. The summed E-state index contributed by atoms with van der Waals surface area (Å²) >= 11 is 0. The Morgan fingerprint density at radius 1 is 1.07 bits per heavy atom. The van der Waals surface area contributed by atoms with Gasteiger partial charge in [0.1, 0.15) is 0 Å².